The van der Waals surface area contributed by atoms with Gasteiger partial charge in [0, 0.05) is 21.1 Å². The maximum Gasteiger partial charge on any atom is 0.255 e. The maximum atomic E-state index is 12.2. The molecule has 1 N–H and O–H groups in total. The van der Waals surface area contributed by atoms with Crippen LogP contribution in [0.3, 0.4) is 0 Å². The van der Waals surface area contributed by atoms with Crippen LogP contribution in [0.25, 0.3) is 0 Å². The van der Waals surface area contributed by atoms with Gasteiger partial charge in [-0.05, 0) is 65.4 Å². The molecule has 2 aromatic carbocycles. The number of carbonyl (C=O) groups is 1. The van der Waals surface area contributed by atoms with Crippen molar-refractivity contribution in [3.05, 3.63) is 57.2 Å². The number of anilines is 1. The quantitative estimate of drug-likeness (QED) is 0.783. The molecule has 21 heavy (non-hydrogen) atoms. The third-order valence-electron chi connectivity index (χ3n) is 2.97. The molecule has 2 aromatic rings. The summed E-state index contributed by atoms with van der Waals surface area (Å²) in [6, 6.07) is 11.9. The molecule has 0 spiro atoms. The molecule has 4 nitrogen and oxygen atoms in total. The van der Waals surface area contributed by atoms with Crippen molar-refractivity contribution in [1.29, 1.82) is 0 Å². The second-order valence-corrected chi connectivity index (χ2v) is 7.97. The lowest BCUT2D eigenvalue weighted by atomic mass is 10.1. The summed E-state index contributed by atoms with van der Waals surface area (Å²) in [7, 11) is -3.30. The first kappa shape index (κ1) is 16.0. The number of benzene rings is 2. The van der Waals surface area contributed by atoms with E-state index in [4.69, 9.17) is 0 Å². The minimum absolute atomic E-state index is 0.186. The summed E-state index contributed by atoms with van der Waals surface area (Å²) in [6.45, 7) is 1.82. The second-order valence-electron chi connectivity index (χ2n) is 4.71. The van der Waals surface area contributed by atoms with E-state index in [0.29, 0.717) is 11.3 Å². The molecular weight excluding hydrogens is 401 g/mol. The zero-order valence-electron chi connectivity index (χ0n) is 11.6. The van der Waals surface area contributed by atoms with Crippen molar-refractivity contribution in [3.63, 3.8) is 0 Å². The molecule has 0 unspecified atom stereocenters. The van der Waals surface area contributed by atoms with Crippen molar-refractivity contribution < 1.29 is 13.2 Å². The number of nitrogens with one attached hydrogen (secondary N) is 1. The van der Waals surface area contributed by atoms with Gasteiger partial charge in [-0.2, -0.15) is 0 Å². The highest BCUT2D eigenvalue weighted by molar-refractivity contribution is 14.1. The number of aryl methyl sites for hydroxylation is 1. The zero-order chi connectivity index (χ0) is 15.6. The summed E-state index contributed by atoms with van der Waals surface area (Å²) in [5.41, 5.74) is 1.84. The summed E-state index contributed by atoms with van der Waals surface area (Å²) in [4.78, 5) is 12.4. The predicted molar refractivity (Wildman–Crippen MR) is 91.4 cm³/mol. The van der Waals surface area contributed by atoms with Gasteiger partial charge in [-0.1, -0.05) is 12.1 Å². The summed E-state index contributed by atoms with van der Waals surface area (Å²) in [5, 5.41) is 2.76. The number of halogens is 1. The van der Waals surface area contributed by atoms with E-state index in [2.05, 4.69) is 27.9 Å². The van der Waals surface area contributed by atoms with E-state index in [1.807, 2.05) is 13.0 Å². The molecule has 110 valence electrons. The van der Waals surface area contributed by atoms with E-state index >= 15 is 0 Å². The highest BCUT2D eigenvalue weighted by Gasteiger charge is 2.12. The lowest BCUT2D eigenvalue weighted by Gasteiger charge is -2.10. The Morgan fingerprint density at radius 1 is 1.14 bits per heavy atom. The van der Waals surface area contributed by atoms with Gasteiger partial charge in [0.1, 0.15) is 0 Å². The Kier molecular flexibility index (Phi) is 4.67. The molecule has 0 fully saturated rings. The standard InChI is InChI=1S/C15H14INO3S/c1-10-6-7-13(21(2,19)20)9-14(10)17-15(18)11-4-3-5-12(16)8-11/h3-9H,1-2H3,(H,17,18). The third kappa shape index (κ3) is 4.04. The van der Waals surface area contributed by atoms with Gasteiger partial charge in [-0.15, -0.1) is 0 Å². The maximum absolute atomic E-state index is 12.2. The minimum atomic E-state index is -3.30. The Hall–Kier alpha value is -1.41. The topological polar surface area (TPSA) is 63.2 Å². The van der Waals surface area contributed by atoms with Crippen LogP contribution in [0.15, 0.2) is 47.4 Å². The minimum Gasteiger partial charge on any atom is -0.322 e. The van der Waals surface area contributed by atoms with Gasteiger partial charge in [0.15, 0.2) is 9.84 Å². The molecule has 0 aromatic heterocycles. The van der Waals surface area contributed by atoms with Crippen LogP contribution in [-0.4, -0.2) is 20.6 Å². The number of carbonyl (C=O) groups excluding carboxylic acids is 1. The molecule has 0 aliphatic carbocycles. The highest BCUT2D eigenvalue weighted by Crippen LogP contribution is 2.21. The van der Waals surface area contributed by atoms with Gasteiger partial charge >= 0.3 is 0 Å². The molecule has 6 heteroatoms. The lowest BCUT2D eigenvalue weighted by Crippen LogP contribution is -2.13. The summed E-state index contributed by atoms with van der Waals surface area (Å²) >= 11 is 2.13. The summed E-state index contributed by atoms with van der Waals surface area (Å²) in [6.07, 6.45) is 1.14. The van der Waals surface area contributed by atoms with Crippen molar-refractivity contribution in [3.8, 4) is 0 Å². The fourth-order valence-electron chi connectivity index (χ4n) is 1.79. The van der Waals surface area contributed by atoms with Crippen LogP contribution >= 0.6 is 22.6 Å². The van der Waals surface area contributed by atoms with Crippen LogP contribution in [0.5, 0.6) is 0 Å². The molecule has 2 rings (SSSR count). The van der Waals surface area contributed by atoms with E-state index in [1.54, 1.807) is 24.3 Å². The Bertz CT molecular complexity index is 800. The van der Waals surface area contributed by atoms with Crippen LogP contribution in [0, 0.1) is 10.5 Å². The molecule has 0 aliphatic rings. The number of hydrogen-bond donors (Lipinski definition) is 1. The first-order valence-corrected chi connectivity index (χ1v) is 9.12. The fraction of sp³-hybridized carbons (Fsp3) is 0.133. The number of rotatable bonds is 3. The second kappa shape index (κ2) is 6.15. The SMILES string of the molecule is Cc1ccc(S(C)(=O)=O)cc1NC(=O)c1cccc(I)c1. The molecule has 0 atom stereocenters. The first-order chi connectivity index (χ1) is 9.77. The highest BCUT2D eigenvalue weighted by atomic mass is 127. The van der Waals surface area contributed by atoms with Crippen molar-refractivity contribution in [2.24, 2.45) is 0 Å². The van der Waals surface area contributed by atoms with Gasteiger partial charge < -0.3 is 5.32 Å². The molecule has 0 aliphatic heterocycles. The Morgan fingerprint density at radius 3 is 2.48 bits per heavy atom. The van der Waals surface area contributed by atoms with Crippen LogP contribution in [0.2, 0.25) is 0 Å². The zero-order valence-corrected chi connectivity index (χ0v) is 14.5. The number of hydrogen-bond acceptors (Lipinski definition) is 3. The average molecular weight is 415 g/mol. The fourth-order valence-corrected chi connectivity index (χ4v) is 2.98. The molecule has 0 saturated heterocycles. The molecule has 0 saturated carbocycles. The third-order valence-corrected chi connectivity index (χ3v) is 4.75. The van der Waals surface area contributed by atoms with Crippen molar-refractivity contribution >= 4 is 44.0 Å². The molecule has 0 bridgehead atoms. The molecule has 1 amide bonds. The lowest BCUT2D eigenvalue weighted by molar-refractivity contribution is 0.102. The van der Waals surface area contributed by atoms with Crippen LogP contribution in [-0.2, 0) is 9.84 Å². The van der Waals surface area contributed by atoms with Crippen LogP contribution in [0.4, 0.5) is 5.69 Å². The van der Waals surface area contributed by atoms with Crippen molar-refractivity contribution in [2.45, 2.75) is 11.8 Å². The van der Waals surface area contributed by atoms with Gasteiger partial charge in [0.25, 0.3) is 5.91 Å². The Balaban J connectivity index is 2.33. The first-order valence-electron chi connectivity index (χ1n) is 6.15. The molecule has 0 radical (unpaired) electrons. The van der Waals surface area contributed by atoms with Crippen LogP contribution < -0.4 is 5.32 Å². The van der Waals surface area contributed by atoms with E-state index < -0.39 is 9.84 Å². The predicted octanol–water partition coefficient (Wildman–Crippen LogP) is 3.26. The normalized spacial score (nSPS) is 11.2. The summed E-state index contributed by atoms with van der Waals surface area (Å²) in [5.74, 6) is -0.262. The number of amides is 1. The van der Waals surface area contributed by atoms with E-state index in [-0.39, 0.29) is 10.8 Å². The van der Waals surface area contributed by atoms with Crippen molar-refractivity contribution in [1.82, 2.24) is 0 Å². The Morgan fingerprint density at radius 2 is 1.86 bits per heavy atom. The molecular formula is C15H14INO3S. The monoisotopic (exact) mass is 415 g/mol. The largest absolute Gasteiger partial charge is 0.322 e. The van der Waals surface area contributed by atoms with Gasteiger partial charge in [0.2, 0.25) is 0 Å². The van der Waals surface area contributed by atoms with Gasteiger partial charge in [-0.3, -0.25) is 4.79 Å². The van der Waals surface area contributed by atoms with Gasteiger partial charge in [-0.25, -0.2) is 8.42 Å². The van der Waals surface area contributed by atoms with E-state index in [1.165, 1.54) is 12.1 Å². The Labute approximate surface area is 137 Å². The van der Waals surface area contributed by atoms with E-state index in [9.17, 15) is 13.2 Å². The van der Waals surface area contributed by atoms with Crippen molar-refractivity contribution in [2.75, 3.05) is 11.6 Å². The van der Waals surface area contributed by atoms with Gasteiger partial charge in [0.05, 0.1) is 4.90 Å². The smallest absolute Gasteiger partial charge is 0.255 e. The van der Waals surface area contributed by atoms with Crippen LogP contribution in [0.1, 0.15) is 15.9 Å². The van der Waals surface area contributed by atoms with E-state index in [0.717, 1.165) is 15.4 Å². The number of sulfone groups is 1. The molecule has 0 heterocycles. The summed E-state index contributed by atoms with van der Waals surface area (Å²) < 4.78 is 24.1. The average Bonchev–Trinajstić information content (AvgIpc) is 2.40.